The first-order valence-corrected chi connectivity index (χ1v) is 7.26. The molecule has 0 heterocycles. The van der Waals surface area contributed by atoms with Gasteiger partial charge in [0, 0.05) is 25.4 Å². The first kappa shape index (κ1) is 17.1. The highest BCUT2D eigenvalue weighted by Crippen LogP contribution is 2.16. The number of hydrogen-bond acceptors (Lipinski definition) is 3. The van der Waals surface area contributed by atoms with Gasteiger partial charge in [0.1, 0.15) is 12.4 Å². The maximum Gasteiger partial charge on any atom is 0.249 e. The molecule has 0 atom stereocenters. The number of methoxy groups -OCH3 is 2. The number of benzene rings is 1. The molecule has 1 aromatic rings. The molecule has 0 spiro atoms. The normalized spacial score (nSPS) is 10.7. The van der Waals surface area contributed by atoms with Gasteiger partial charge in [-0.2, -0.15) is 0 Å². The Hall–Kier alpha value is -0.970. The third kappa shape index (κ3) is 4.85. The van der Waals surface area contributed by atoms with Gasteiger partial charge < -0.3 is 14.4 Å². The Morgan fingerprint density at radius 2 is 1.80 bits per heavy atom. The standard InChI is InChI=1S/C14H19Cl2NO3/c1-19-10-14(18)17(12(7-15)8-16)9-11-3-5-13(20-2)6-4-11/h3-6,12H,7-10H2,1-2H3. The van der Waals surface area contributed by atoms with Crippen molar-refractivity contribution in [2.45, 2.75) is 12.6 Å². The van der Waals surface area contributed by atoms with Gasteiger partial charge in [0.05, 0.1) is 13.2 Å². The number of carbonyl (C=O) groups excluding carboxylic acids is 1. The van der Waals surface area contributed by atoms with Gasteiger partial charge in [0.2, 0.25) is 5.91 Å². The fourth-order valence-electron chi connectivity index (χ4n) is 1.76. The van der Waals surface area contributed by atoms with Crippen LogP contribution < -0.4 is 4.74 Å². The van der Waals surface area contributed by atoms with Crippen molar-refractivity contribution in [3.63, 3.8) is 0 Å². The van der Waals surface area contributed by atoms with Gasteiger partial charge in [-0.25, -0.2) is 0 Å². The van der Waals surface area contributed by atoms with E-state index in [0.717, 1.165) is 11.3 Å². The molecule has 0 aliphatic carbocycles. The van der Waals surface area contributed by atoms with Crippen LogP contribution in [0.15, 0.2) is 24.3 Å². The van der Waals surface area contributed by atoms with Gasteiger partial charge in [-0.1, -0.05) is 12.1 Å². The van der Waals surface area contributed by atoms with Crippen molar-refractivity contribution in [1.29, 1.82) is 0 Å². The highest BCUT2D eigenvalue weighted by Gasteiger charge is 2.22. The third-order valence-corrected chi connectivity index (χ3v) is 3.61. The maximum atomic E-state index is 12.1. The molecule has 0 saturated carbocycles. The Labute approximate surface area is 129 Å². The van der Waals surface area contributed by atoms with E-state index < -0.39 is 0 Å². The van der Waals surface area contributed by atoms with Crippen molar-refractivity contribution < 1.29 is 14.3 Å². The lowest BCUT2D eigenvalue weighted by Gasteiger charge is -2.29. The van der Waals surface area contributed by atoms with Gasteiger partial charge in [0.15, 0.2) is 0 Å². The fraction of sp³-hybridized carbons (Fsp3) is 0.500. The van der Waals surface area contributed by atoms with E-state index in [1.807, 2.05) is 24.3 Å². The molecule has 6 heteroatoms. The summed E-state index contributed by atoms with van der Waals surface area (Å²) < 4.78 is 10.0. The molecule has 20 heavy (non-hydrogen) atoms. The summed E-state index contributed by atoms with van der Waals surface area (Å²) in [5.41, 5.74) is 0.982. The van der Waals surface area contributed by atoms with Crippen LogP contribution >= 0.6 is 23.2 Å². The number of hydrogen-bond donors (Lipinski definition) is 0. The molecular weight excluding hydrogens is 301 g/mol. The molecule has 1 aromatic carbocycles. The van der Waals surface area contributed by atoms with Crippen LogP contribution in [-0.4, -0.2) is 49.4 Å². The summed E-state index contributed by atoms with van der Waals surface area (Å²) in [6.07, 6.45) is 0. The van der Waals surface area contributed by atoms with Crippen molar-refractivity contribution in [2.24, 2.45) is 0 Å². The van der Waals surface area contributed by atoms with E-state index in [4.69, 9.17) is 32.7 Å². The molecule has 0 bridgehead atoms. The fourth-order valence-corrected chi connectivity index (χ4v) is 2.43. The van der Waals surface area contributed by atoms with Crippen molar-refractivity contribution in [3.05, 3.63) is 29.8 Å². The summed E-state index contributed by atoms with van der Waals surface area (Å²) in [5.74, 6) is 1.22. The van der Waals surface area contributed by atoms with Crippen LogP contribution in [0.25, 0.3) is 0 Å². The molecule has 1 amide bonds. The topological polar surface area (TPSA) is 38.8 Å². The molecule has 0 N–H and O–H groups in total. The molecule has 112 valence electrons. The number of nitrogens with zero attached hydrogens (tertiary/aromatic N) is 1. The summed E-state index contributed by atoms with van der Waals surface area (Å²) in [6, 6.07) is 7.30. The highest BCUT2D eigenvalue weighted by atomic mass is 35.5. The summed E-state index contributed by atoms with van der Waals surface area (Å²) in [7, 11) is 3.10. The Morgan fingerprint density at radius 3 is 2.25 bits per heavy atom. The number of rotatable bonds is 8. The monoisotopic (exact) mass is 319 g/mol. The zero-order valence-electron chi connectivity index (χ0n) is 11.6. The summed E-state index contributed by atoms with van der Waals surface area (Å²) in [5, 5.41) is 0. The molecule has 0 aliphatic heterocycles. The molecule has 1 rings (SSSR count). The molecule has 0 unspecified atom stereocenters. The summed E-state index contributed by atoms with van der Waals surface area (Å²) in [4.78, 5) is 13.7. The molecule has 0 aliphatic rings. The number of carbonyl (C=O) groups is 1. The van der Waals surface area contributed by atoms with Crippen molar-refractivity contribution >= 4 is 29.1 Å². The van der Waals surface area contributed by atoms with Crippen molar-refractivity contribution in [2.75, 3.05) is 32.6 Å². The SMILES string of the molecule is COCC(=O)N(Cc1ccc(OC)cc1)C(CCl)CCl. The first-order chi connectivity index (χ1) is 9.65. The number of halogens is 2. The van der Waals surface area contributed by atoms with Gasteiger partial charge in [-0.15, -0.1) is 23.2 Å². The third-order valence-electron chi connectivity index (χ3n) is 2.90. The second-order valence-electron chi connectivity index (χ2n) is 4.27. The van der Waals surface area contributed by atoms with Crippen molar-refractivity contribution in [1.82, 2.24) is 4.90 Å². The second kappa shape index (κ2) is 9.06. The summed E-state index contributed by atoms with van der Waals surface area (Å²) >= 11 is 11.8. The molecule has 0 aromatic heterocycles. The van der Waals surface area contributed by atoms with E-state index in [1.165, 1.54) is 7.11 Å². The minimum atomic E-state index is -0.219. The van der Waals surface area contributed by atoms with Crippen LogP contribution in [0, 0.1) is 0 Å². The van der Waals surface area contributed by atoms with E-state index in [0.29, 0.717) is 6.54 Å². The number of amides is 1. The first-order valence-electron chi connectivity index (χ1n) is 6.19. The van der Waals surface area contributed by atoms with Gasteiger partial charge in [-0.05, 0) is 17.7 Å². The highest BCUT2D eigenvalue weighted by molar-refractivity contribution is 6.21. The van der Waals surface area contributed by atoms with Crippen LogP contribution in [0.1, 0.15) is 5.56 Å². The molecule has 0 fully saturated rings. The smallest absolute Gasteiger partial charge is 0.249 e. The Balaban J connectivity index is 2.84. The molecular formula is C14H19Cl2NO3. The number of alkyl halides is 2. The lowest BCUT2D eigenvalue weighted by atomic mass is 10.1. The molecule has 4 nitrogen and oxygen atoms in total. The largest absolute Gasteiger partial charge is 0.497 e. The van der Waals surface area contributed by atoms with Gasteiger partial charge in [0.25, 0.3) is 0 Å². The average Bonchev–Trinajstić information content (AvgIpc) is 2.48. The minimum Gasteiger partial charge on any atom is -0.497 e. The van der Waals surface area contributed by atoms with Crippen LogP contribution in [0.3, 0.4) is 0 Å². The Kier molecular flexibility index (Phi) is 7.73. The van der Waals surface area contributed by atoms with E-state index in [9.17, 15) is 4.79 Å². The minimum absolute atomic E-state index is 0.0143. The molecule has 0 radical (unpaired) electrons. The number of ether oxygens (including phenoxy) is 2. The second-order valence-corrected chi connectivity index (χ2v) is 4.88. The quantitative estimate of drug-likeness (QED) is 0.691. The summed E-state index contributed by atoms with van der Waals surface area (Å²) in [6.45, 7) is 0.455. The average molecular weight is 320 g/mol. The van der Waals surface area contributed by atoms with Gasteiger partial charge in [-0.3, -0.25) is 4.79 Å². The lowest BCUT2D eigenvalue weighted by Crippen LogP contribution is -2.43. The van der Waals surface area contributed by atoms with E-state index >= 15 is 0 Å². The zero-order chi connectivity index (χ0) is 15.0. The zero-order valence-corrected chi connectivity index (χ0v) is 13.2. The van der Waals surface area contributed by atoms with E-state index in [-0.39, 0.29) is 30.3 Å². The Bertz CT molecular complexity index is 407. The van der Waals surface area contributed by atoms with Crippen molar-refractivity contribution in [3.8, 4) is 5.75 Å². The lowest BCUT2D eigenvalue weighted by molar-refractivity contribution is -0.137. The van der Waals surface area contributed by atoms with Crippen LogP contribution in [0.4, 0.5) is 0 Å². The van der Waals surface area contributed by atoms with E-state index in [1.54, 1.807) is 12.0 Å². The maximum absolute atomic E-state index is 12.1. The molecule has 0 saturated heterocycles. The van der Waals surface area contributed by atoms with E-state index in [2.05, 4.69) is 0 Å². The predicted octanol–water partition coefficient (Wildman–Crippen LogP) is 2.52. The predicted molar refractivity (Wildman–Crippen MR) is 80.6 cm³/mol. The van der Waals surface area contributed by atoms with Crippen LogP contribution in [0.2, 0.25) is 0 Å². The Morgan fingerprint density at radius 1 is 1.20 bits per heavy atom. The van der Waals surface area contributed by atoms with Crippen LogP contribution in [-0.2, 0) is 16.1 Å². The van der Waals surface area contributed by atoms with Gasteiger partial charge >= 0.3 is 0 Å². The van der Waals surface area contributed by atoms with Crippen LogP contribution in [0.5, 0.6) is 5.75 Å².